The minimum absolute atomic E-state index is 0.283. The van der Waals surface area contributed by atoms with Crippen molar-refractivity contribution in [1.29, 1.82) is 0 Å². The van der Waals surface area contributed by atoms with Crippen molar-refractivity contribution in [2.24, 2.45) is 4.99 Å². The third-order valence-corrected chi connectivity index (χ3v) is 6.60. The number of nitrogens with zero attached hydrogens (tertiary/aromatic N) is 2. The molecular weight excluding hydrogens is 512 g/mol. The number of para-hydroxylation sites is 1. The highest BCUT2D eigenvalue weighted by atomic mass is 35.5. The van der Waals surface area contributed by atoms with Crippen LogP contribution in [0.3, 0.4) is 0 Å². The molecule has 3 amide bonds. The minimum Gasteiger partial charge on any atom is -0.308 e. The van der Waals surface area contributed by atoms with E-state index in [9.17, 15) is 14.4 Å². The monoisotopic (exact) mass is 536 g/mol. The fourth-order valence-electron chi connectivity index (χ4n) is 4.44. The Morgan fingerprint density at radius 3 is 2.38 bits per heavy atom. The van der Waals surface area contributed by atoms with E-state index in [0.29, 0.717) is 33.2 Å². The number of carbonyl (C=O) groups excluding carboxylic acids is 3. The zero-order valence-electron chi connectivity index (χ0n) is 21.1. The van der Waals surface area contributed by atoms with Crippen LogP contribution < -0.4 is 15.5 Å². The first-order valence-corrected chi connectivity index (χ1v) is 12.7. The number of halogens is 1. The van der Waals surface area contributed by atoms with Gasteiger partial charge in [-0.05, 0) is 42.8 Å². The van der Waals surface area contributed by atoms with E-state index >= 15 is 0 Å². The quantitative estimate of drug-likeness (QED) is 0.302. The van der Waals surface area contributed by atoms with Crippen LogP contribution in [0, 0.1) is 6.92 Å². The van der Waals surface area contributed by atoms with Gasteiger partial charge in [0.05, 0.1) is 23.0 Å². The zero-order chi connectivity index (χ0) is 27.4. The van der Waals surface area contributed by atoms with Gasteiger partial charge in [-0.2, -0.15) is 0 Å². The number of urea groups is 1. The van der Waals surface area contributed by atoms with Crippen molar-refractivity contribution in [1.82, 2.24) is 5.32 Å². The molecule has 0 radical (unpaired) electrons. The van der Waals surface area contributed by atoms with E-state index in [0.717, 1.165) is 11.1 Å². The Labute approximate surface area is 231 Å². The van der Waals surface area contributed by atoms with E-state index in [4.69, 9.17) is 16.6 Å². The minimum atomic E-state index is -1.29. The van der Waals surface area contributed by atoms with Gasteiger partial charge in [-0.25, -0.2) is 9.79 Å². The number of anilines is 2. The maximum absolute atomic E-state index is 14.0. The first-order valence-electron chi connectivity index (χ1n) is 12.4. The van der Waals surface area contributed by atoms with Gasteiger partial charge in [0.2, 0.25) is 6.17 Å². The fourth-order valence-corrected chi connectivity index (χ4v) is 4.68. The summed E-state index contributed by atoms with van der Waals surface area (Å²) in [4.78, 5) is 46.4. The Balaban J connectivity index is 1.54. The van der Waals surface area contributed by atoms with Gasteiger partial charge in [-0.1, -0.05) is 84.4 Å². The lowest BCUT2D eigenvalue weighted by molar-refractivity contribution is -0.120. The van der Waals surface area contributed by atoms with Crippen LogP contribution >= 0.6 is 11.6 Å². The maximum Gasteiger partial charge on any atom is 0.321 e. The highest BCUT2D eigenvalue weighted by Gasteiger charge is 2.34. The number of hydrogen-bond acceptors (Lipinski definition) is 4. The number of ketones is 1. The Morgan fingerprint density at radius 2 is 1.62 bits per heavy atom. The van der Waals surface area contributed by atoms with Gasteiger partial charge < -0.3 is 15.5 Å². The second kappa shape index (κ2) is 11.3. The predicted molar refractivity (Wildman–Crippen MR) is 154 cm³/mol. The summed E-state index contributed by atoms with van der Waals surface area (Å²) in [6, 6.07) is 30.1. The number of benzodiazepines with no additional fused rings is 1. The smallest absolute Gasteiger partial charge is 0.308 e. The molecule has 2 N–H and O–H groups in total. The summed E-state index contributed by atoms with van der Waals surface area (Å²) < 4.78 is 0. The van der Waals surface area contributed by atoms with Crippen molar-refractivity contribution >= 4 is 46.4 Å². The molecule has 8 heteroatoms. The second-order valence-electron chi connectivity index (χ2n) is 9.06. The lowest BCUT2D eigenvalue weighted by Crippen LogP contribution is -2.50. The van der Waals surface area contributed by atoms with Crippen LogP contribution in [-0.4, -0.2) is 36.1 Å². The lowest BCUT2D eigenvalue weighted by Gasteiger charge is -2.25. The summed E-state index contributed by atoms with van der Waals surface area (Å²) in [5.74, 6) is -0.886. The molecule has 0 aliphatic carbocycles. The van der Waals surface area contributed by atoms with E-state index < -0.39 is 18.1 Å². The molecule has 5 rings (SSSR count). The lowest BCUT2D eigenvalue weighted by atomic mass is 10.00. The largest absolute Gasteiger partial charge is 0.321 e. The molecule has 0 saturated carbocycles. The molecule has 4 aromatic carbocycles. The molecule has 0 saturated heterocycles. The van der Waals surface area contributed by atoms with Gasteiger partial charge in [0.25, 0.3) is 5.91 Å². The molecule has 0 spiro atoms. The zero-order valence-corrected chi connectivity index (χ0v) is 21.9. The topological polar surface area (TPSA) is 90.9 Å². The standard InChI is InChI=1S/C31H25ClN4O3/c1-20-10-9-13-22(18-20)33-31(39)35-29-30(38)36(19-27(37)23-14-5-7-16-25(23)32)26-17-8-6-15-24(26)28(34-29)21-11-3-2-4-12-21/h2-18,29H,19H2,1H3,(H2,33,35,39). The van der Waals surface area contributed by atoms with Crippen LogP contribution in [0.1, 0.15) is 27.0 Å². The summed E-state index contributed by atoms with van der Waals surface area (Å²) in [5.41, 5.74) is 4.31. The van der Waals surface area contributed by atoms with E-state index in [1.165, 1.54) is 4.90 Å². The van der Waals surface area contributed by atoms with Crippen molar-refractivity contribution in [3.63, 3.8) is 0 Å². The number of hydrogen-bond donors (Lipinski definition) is 2. The van der Waals surface area contributed by atoms with Crippen molar-refractivity contribution in [3.8, 4) is 0 Å². The van der Waals surface area contributed by atoms with Crippen LogP contribution in [0.5, 0.6) is 0 Å². The summed E-state index contributed by atoms with van der Waals surface area (Å²) in [6.07, 6.45) is -1.29. The van der Waals surface area contributed by atoms with E-state index in [1.807, 2.05) is 67.6 Å². The first kappa shape index (κ1) is 25.9. The second-order valence-corrected chi connectivity index (χ2v) is 9.47. The highest BCUT2D eigenvalue weighted by Crippen LogP contribution is 2.29. The van der Waals surface area contributed by atoms with Crippen LogP contribution in [0.25, 0.3) is 0 Å². The number of nitrogens with one attached hydrogen (secondary N) is 2. The Morgan fingerprint density at radius 1 is 0.897 bits per heavy atom. The Kier molecular flexibility index (Phi) is 7.52. The fraction of sp³-hybridized carbons (Fsp3) is 0.0968. The molecule has 1 atom stereocenters. The molecular formula is C31H25ClN4O3. The molecule has 0 aromatic heterocycles. The normalized spacial score (nSPS) is 14.6. The van der Waals surface area contributed by atoms with Gasteiger partial charge in [0.1, 0.15) is 0 Å². The van der Waals surface area contributed by atoms with E-state index in [-0.39, 0.29) is 12.3 Å². The third-order valence-electron chi connectivity index (χ3n) is 6.28. The number of aliphatic imine (C=N–C) groups is 1. The van der Waals surface area contributed by atoms with Gasteiger partial charge in [0, 0.05) is 22.4 Å². The molecule has 4 aromatic rings. The molecule has 1 heterocycles. The maximum atomic E-state index is 14.0. The van der Waals surface area contributed by atoms with Crippen molar-refractivity contribution in [3.05, 3.63) is 130 Å². The first-order chi connectivity index (χ1) is 18.9. The summed E-state index contributed by atoms with van der Waals surface area (Å²) >= 11 is 6.28. The number of carbonyl (C=O) groups is 3. The predicted octanol–water partition coefficient (Wildman–Crippen LogP) is 5.86. The van der Waals surface area contributed by atoms with Gasteiger partial charge in [0.15, 0.2) is 5.78 Å². The number of aryl methyl sites for hydroxylation is 1. The van der Waals surface area contributed by atoms with Crippen LogP contribution in [0.4, 0.5) is 16.2 Å². The Bertz CT molecular complexity index is 1590. The van der Waals surface area contributed by atoms with Gasteiger partial charge >= 0.3 is 6.03 Å². The molecule has 39 heavy (non-hydrogen) atoms. The molecule has 194 valence electrons. The number of Topliss-reactive ketones (excluding diaryl/α,β-unsaturated/α-hetero) is 1. The van der Waals surface area contributed by atoms with Crippen molar-refractivity contribution in [2.75, 3.05) is 16.8 Å². The third kappa shape index (κ3) is 5.73. The molecule has 1 aliphatic heterocycles. The summed E-state index contributed by atoms with van der Waals surface area (Å²) in [6.45, 7) is 1.63. The average Bonchev–Trinajstić information content (AvgIpc) is 3.04. The van der Waals surface area contributed by atoms with E-state index in [2.05, 4.69) is 10.6 Å². The number of amides is 3. The Hall–Kier alpha value is -4.75. The number of fused-ring (bicyclic) bond motifs is 1. The summed E-state index contributed by atoms with van der Waals surface area (Å²) in [7, 11) is 0. The molecule has 1 unspecified atom stereocenters. The van der Waals surface area contributed by atoms with Gasteiger partial charge in [-0.15, -0.1) is 0 Å². The van der Waals surface area contributed by atoms with Crippen molar-refractivity contribution < 1.29 is 14.4 Å². The molecule has 0 fully saturated rings. The summed E-state index contributed by atoms with van der Waals surface area (Å²) in [5, 5.41) is 5.76. The van der Waals surface area contributed by atoms with Crippen molar-refractivity contribution in [2.45, 2.75) is 13.1 Å². The van der Waals surface area contributed by atoms with Gasteiger partial charge in [-0.3, -0.25) is 9.59 Å². The van der Waals surface area contributed by atoms with Crippen LogP contribution in [-0.2, 0) is 4.79 Å². The van der Waals surface area contributed by atoms with Crippen LogP contribution in [0.15, 0.2) is 108 Å². The van der Waals surface area contributed by atoms with Crippen LogP contribution in [0.2, 0.25) is 5.02 Å². The highest BCUT2D eigenvalue weighted by molar-refractivity contribution is 6.34. The average molecular weight is 537 g/mol. The SMILES string of the molecule is Cc1cccc(NC(=O)NC2N=C(c3ccccc3)c3ccccc3N(CC(=O)c3ccccc3Cl)C2=O)c1. The molecule has 1 aliphatic rings. The van der Waals surface area contributed by atoms with E-state index in [1.54, 1.807) is 42.5 Å². The molecule has 7 nitrogen and oxygen atoms in total. The molecule has 0 bridgehead atoms. The number of benzene rings is 4. The number of rotatable bonds is 6.